The highest BCUT2D eigenvalue weighted by Crippen LogP contribution is 2.33. The van der Waals surface area contributed by atoms with Crippen LogP contribution in [-0.4, -0.2) is 49.0 Å². The normalized spacial score (nSPS) is 14.7. The van der Waals surface area contributed by atoms with Crippen LogP contribution in [0.3, 0.4) is 0 Å². The van der Waals surface area contributed by atoms with Crippen molar-refractivity contribution in [1.29, 1.82) is 0 Å². The predicted octanol–water partition coefficient (Wildman–Crippen LogP) is 2.81. The largest absolute Gasteiger partial charge is 0.465 e. The van der Waals surface area contributed by atoms with Crippen molar-refractivity contribution in [2.24, 2.45) is 0 Å². The van der Waals surface area contributed by atoms with E-state index < -0.39 is 36.5 Å². The number of benzene rings is 1. The van der Waals surface area contributed by atoms with Crippen LogP contribution in [0.15, 0.2) is 47.1 Å². The zero-order valence-electron chi connectivity index (χ0n) is 18.9. The first-order chi connectivity index (χ1) is 16.8. The zero-order chi connectivity index (χ0) is 25.1. The average molecular weight is 499 g/mol. The monoisotopic (exact) mass is 498 g/mol. The first-order valence-corrected chi connectivity index (χ1v) is 11.3. The van der Waals surface area contributed by atoms with Crippen molar-refractivity contribution in [3.63, 3.8) is 0 Å². The van der Waals surface area contributed by atoms with Crippen molar-refractivity contribution in [3.05, 3.63) is 75.6 Å². The lowest BCUT2D eigenvalue weighted by Gasteiger charge is -2.34. The van der Waals surface area contributed by atoms with Crippen LogP contribution in [0.25, 0.3) is 0 Å². The van der Waals surface area contributed by atoms with Gasteiger partial charge < -0.3 is 29.3 Å². The minimum atomic E-state index is -0.957. The number of carbonyl (C=O) groups is 4. The standard InChI is InChI=1S/C24H22N2O8S/c1-31-23(29)18-15(19(24(30)32-2)35-20(18)25)12-34-22(28)16-10-13-6-3-4-7-14(13)11-26(16)21(27)17-8-5-9-33-17/h3-9,16H,10-12,25H2,1-2H3/t16-/m0/s1. The predicted molar refractivity (Wildman–Crippen MR) is 124 cm³/mol. The van der Waals surface area contributed by atoms with Gasteiger partial charge in [0.1, 0.15) is 28.1 Å². The van der Waals surface area contributed by atoms with Crippen LogP contribution in [0, 0.1) is 0 Å². The van der Waals surface area contributed by atoms with Gasteiger partial charge in [-0.3, -0.25) is 4.79 Å². The molecule has 182 valence electrons. The van der Waals surface area contributed by atoms with Crippen LogP contribution in [0.1, 0.15) is 47.3 Å². The van der Waals surface area contributed by atoms with E-state index in [1.165, 1.54) is 31.4 Å². The maximum absolute atomic E-state index is 13.3. The van der Waals surface area contributed by atoms with Crippen molar-refractivity contribution in [3.8, 4) is 0 Å². The Labute approximate surface area is 204 Å². The minimum Gasteiger partial charge on any atom is -0.465 e. The lowest BCUT2D eigenvalue weighted by atomic mass is 9.93. The summed E-state index contributed by atoms with van der Waals surface area (Å²) in [7, 11) is 2.36. The fraction of sp³-hybridized carbons (Fsp3) is 0.250. The number of fused-ring (bicyclic) bond motifs is 1. The molecule has 0 saturated heterocycles. The number of hydrogen-bond acceptors (Lipinski definition) is 10. The summed E-state index contributed by atoms with van der Waals surface area (Å²) in [5, 5.41) is 0.0320. The number of nitrogen functional groups attached to an aromatic ring is 1. The van der Waals surface area contributed by atoms with E-state index in [-0.39, 0.29) is 39.7 Å². The molecule has 35 heavy (non-hydrogen) atoms. The van der Waals surface area contributed by atoms with Gasteiger partial charge in [0.05, 0.1) is 20.5 Å². The molecular formula is C24H22N2O8S. The molecule has 0 aliphatic carbocycles. The SMILES string of the molecule is COC(=O)c1sc(N)c(C(=O)OC)c1COC(=O)[C@@H]1Cc2ccccc2CN1C(=O)c1ccco1. The number of hydrogen-bond donors (Lipinski definition) is 1. The third-order valence-corrected chi connectivity index (χ3v) is 6.71. The summed E-state index contributed by atoms with van der Waals surface area (Å²) >= 11 is 0.833. The topological polar surface area (TPSA) is 138 Å². The summed E-state index contributed by atoms with van der Waals surface area (Å²) in [6.45, 7) is -0.260. The van der Waals surface area contributed by atoms with Gasteiger partial charge in [-0.1, -0.05) is 24.3 Å². The maximum atomic E-state index is 13.3. The summed E-state index contributed by atoms with van der Waals surface area (Å²) in [5.74, 6) is -2.59. The minimum absolute atomic E-state index is 0.0238. The Morgan fingerprint density at radius 2 is 1.77 bits per heavy atom. The van der Waals surface area contributed by atoms with Gasteiger partial charge in [0.2, 0.25) is 0 Å². The molecule has 3 aromatic rings. The highest BCUT2D eigenvalue weighted by Gasteiger charge is 2.37. The number of thiophene rings is 1. The quantitative estimate of drug-likeness (QED) is 0.401. The van der Waals surface area contributed by atoms with Crippen molar-refractivity contribution < 1.29 is 37.8 Å². The third-order valence-electron chi connectivity index (χ3n) is 5.67. The number of amides is 1. The van der Waals surface area contributed by atoms with Crippen LogP contribution >= 0.6 is 11.3 Å². The van der Waals surface area contributed by atoms with E-state index in [9.17, 15) is 19.2 Å². The molecule has 4 rings (SSSR count). The van der Waals surface area contributed by atoms with Crippen molar-refractivity contribution in [2.45, 2.75) is 25.6 Å². The van der Waals surface area contributed by atoms with Gasteiger partial charge in [0.15, 0.2) is 5.76 Å². The molecule has 0 fully saturated rings. The van der Waals surface area contributed by atoms with Crippen LogP contribution in [0.5, 0.6) is 0 Å². The highest BCUT2D eigenvalue weighted by molar-refractivity contribution is 7.18. The summed E-state index contributed by atoms with van der Waals surface area (Å²) in [6, 6.07) is 9.63. The van der Waals surface area contributed by atoms with Gasteiger partial charge in [-0.05, 0) is 23.3 Å². The van der Waals surface area contributed by atoms with Crippen molar-refractivity contribution >= 4 is 40.2 Å². The summed E-state index contributed by atoms with van der Waals surface area (Å²) in [6.07, 6.45) is 1.60. The second-order valence-electron chi connectivity index (χ2n) is 7.64. The summed E-state index contributed by atoms with van der Waals surface area (Å²) in [4.78, 5) is 52.3. The van der Waals surface area contributed by atoms with E-state index in [1.54, 1.807) is 6.07 Å². The van der Waals surface area contributed by atoms with E-state index in [1.807, 2.05) is 24.3 Å². The lowest BCUT2D eigenvalue weighted by Crippen LogP contribution is -2.49. The molecule has 11 heteroatoms. The summed E-state index contributed by atoms with van der Waals surface area (Å²) in [5.41, 5.74) is 7.76. The fourth-order valence-electron chi connectivity index (χ4n) is 3.93. The Kier molecular flexibility index (Phi) is 6.87. The first kappa shape index (κ1) is 24.0. The van der Waals surface area contributed by atoms with Gasteiger partial charge >= 0.3 is 17.9 Å². The van der Waals surface area contributed by atoms with Gasteiger partial charge in [-0.2, -0.15) is 0 Å². The molecule has 0 radical (unpaired) electrons. The number of rotatable bonds is 6. The molecule has 1 aromatic carbocycles. The molecule has 2 N–H and O–H groups in total. The highest BCUT2D eigenvalue weighted by atomic mass is 32.1. The molecule has 1 aliphatic heterocycles. The Morgan fingerprint density at radius 3 is 2.43 bits per heavy atom. The Bertz CT molecular complexity index is 1280. The molecule has 1 aliphatic rings. The van der Waals surface area contributed by atoms with Gasteiger partial charge in [-0.25, -0.2) is 14.4 Å². The van der Waals surface area contributed by atoms with E-state index >= 15 is 0 Å². The van der Waals surface area contributed by atoms with Crippen LogP contribution in [-0.2, 0) is 38.6 Å². The van der Waals surface area contributed by atoms with Gasteiger partial charge in [-0.15, -0.1) is 11.3 Å². The summed E-state index contributed by atoms with van der Waals surface area (Å²) < 4.78 is 20.3. The Hall–Kier alpha value is -4.12. The number of anilines is 1. The molecule has 0 saturated carbocycles. The molecule has 3 heterocycles. The van der Waals surface area contributed by atoms with E-state index in [2.05, 4.69) is 0 Å². The number of methoxy groups -OCH3 is 2. The van der Waals surface area contributed by atoms with Crippen molar-refractivity contribution in [2.75, 3.05) is 20.0 Å². The van der Waals surface area contributed by atoms with Crippen LogP contribution in [0.2, 0.25) is 0 Å². The number of esters is 3. The van der Waals surface area contributed by atoms with E-state index in [0.717, 1.165) is 22.5 Å². The molecule has 10 nitrogen and oxygen atoms in total. The molecule has 0 spiro atoms. The zero-order valence-corrected chi connectivity index (χ0v) is 19.8. The third kappa shape index (κ3) is 4.62. The van der Waals surface area contributed by atoms with Crippen molar-refractivity contribution in [1.82, 2.24) is 4.90 Å². The molecular weight excluding hydrogens is 476 g/mol. The smallest absolute Gasteiger partial charge is 0.348 e. The number of ether oxygens (including phenoxy) is 3. The van der Waals surface area contributed by atoms with Gasteiger partial charge in [0, 0.05) is 18.5 Å². The van der Waals surface area contributed by atoms with Crippen LogP contribution in [0.4, 0.5) is 5.00 Å². The van der Waals surface area contributed by atoms with Gasteiger partial charge in [0.25, 0.3) is 5.91 Å². The second kappa shape index (κ2) is 10.0. The Morgan fingerprint density at radius 1 is 1.06 bits per heavy atom. The second-order valence-corrected chi connectivity index (χ2v) is 8.69. The first-order valence-electron chi connectivity index (χ1n) is 10.5. The lowest BCUT2D eigenvalue weighted by molar-refractivity contribution is -0.151. The number of furan rings is 1. The number of carbonyl (C=O) groups excluding carboxylic acids is 4. The average Bonchev–Trinajstić information content (AvgIpc) is 3.53. The number of nitrogens with two attached hydrogens (primary N) is 1. The fourth-order valence-corrected chi connectivity index (χ4v) is 4.91. The molecule has 1 amide bonds. The number of nitrogens with zero attached hydrogens (tertiary/aromatic N) is 1. The van der Waals surface area contributed by atoms with E-state index in [0.29, 0.717) is 0 Å². The molecule has 2 aromatic heterocycles. The molecule has 1 atom stereocenters. The van der Waals surface area contributed by atoms with Crippen LogP contribution < -0.4 is 5.73 Å². The van der Waals surface area contributed by atoms with E-state index in [4.69, 9.17) is 24.4 Å². The molecule has 0 unspecified atom stereocenters. The maximum Gasteiger partial charge on any atom is 0.348 e. The Balaban J connectivity index is 1.63. The molecule has 0 bridgehead atoms.